The van der Waals surface area contributed by atoms with Crippen LogP contribution >= 0.6 is 15.9 Å². The monoisotopic (exact) mass is 272 g/mol. The van der Waals surface area contributed by atoms with Gasteiger partial charge in [0.2, 0.25) is 0 Å². The van der Waals surface area contributed by atoms with Crippen LogP contribution in [0.5, 0.6) is 0 Å². The van der Waals surface area contributed by atoms with Crippen molar-refractivity contribution in [3.8, 4) is 0 Å². The van der Waals surface area contributed by atoms with Crippen LogP contribution in [0.25, 0.3) is 0 Å². The van der Waals surface area contributed by atoms with Crippen molar-refractivity contribution in [2.45, 2.75) is 63.1 Å². The summed E-state index contributed by atoms with van der Waals surface area (Å²) in [5.74, 6) is 1.82. The summed E-state index contributed by atoms with van der Waals surface area (Å²) in [6.45, 7) is 0. The molecule has 0 aromatic heterocycles. The largest absolute Gasteiger partial charge is 0.370 e. The van der Waals surface area contributed by atoms with Crippen LogP contribution in [-0.2, 0) is 4.74 Å². The highest BCUT2D eigenvalue weighted by Crippen LogP contribution is 2.55. The Labute approximate surface area is 101 Å². The van der Waals surface area contributed by atoms with Crippen molar-refractivity contribution >= 4 is 15.9 Å². The Balaban J connectivity index is 1.75. The molecular formula is C13H21BrO. The average molecular weight is 273 g/mol. The first-order valence-electron chi connectivity index (χ1n) is 6.59. The molecule has 15 heavy (non-hydrogen) atoms. The third-order valence-electron chi connectivity index (χ3n) is 5.01. The molecule has 2 heteroatoms. The van der Waals surface area contributed by atoms with E-state index in [4.69, 9.17) is 4.74 Å². The van der Waals surface area contributed by atoms with Crippen molar-refractivity contribution in [2.24, 2.45) is 11.8 Å². The summed E-state index contributed by atoms with van der Waals surface area (Å²) < 4.78 is 6.46. The zero-order valence-corrected chi connectivity index (χ0v) is 11.0. The zero-order chi connectivity index (χ0) is 10.3. The number of hydrogen-bond acceptors (Lipinski definition) is 1. The minimum absolute atomic E-state index is 0.328. The van der Waals surface area contributed by atoms with Crippen molar-refractivity contribution in [3.05, 3.63) is 0 Å². The maximum atomic E-state index is 6.46. The summed E-state index contributed by atoms with van der Waals surface area (Å²) in [6.07, 6.45) is 11.8. The molecule has 1 atom stereocenters. The highest BCUT2D eigenvalue weighted by atomic mass is 79.9. The van der Waals surface area contributed by atoms with Gasteiger partial charge in [0.25, 0.3) is 0 Å². The van der Waals surface area contributed by atoms with Crippen LogP contribution in [0, 0.1) is 11.8 Å². The van der Waals surface area contributed by atoms with Crippen molar-refractivity contribution in [2.75, 3.05) is 5.33 Å². The highest BCUT2D eigenvalue weighted by Gasteiger charge is 2.53. The molecule has 86 valence electrons. The van der Waals surface area contributed by atoms with E-state index in [-0.39, 0.29) is 0 Å². The second kappa shape index (κ2) is 4.03. The van der Waals surface area contributed by atoms with Gasteiger partial charge >= 0.3 is 0 Å². The second-order valence-corrected chi connectivity index (χ2v) is 6.29. The third-order valence-corrected chi connectivity index (χ3v) is 5.73. The molecule has 0 spiro atoms. The maximum absolute atomic E-state index is 6.46. The maximum Gasteiger partial charge on any atom is 0.0743 e. The molecule has 1 nitrogen and oxygen atoms in total. The minimum Gasteiger partial charge on any atom is -0.370 e. The van der Waals surface area contributed by atoms with Crippen LogP contribution in [0.4, 0.5) is 0 Å². The minimum atomic E-state index is 0.328. The lowest BCUT2D eigenvalue weighted by Crippen LogP contribution is -2.50. The van der Waals surface area contributed by atoms with Crippen molar-refractivity contribution < 1.29 is 4.74 Å². The first-order chi connectivity index (χ1) is 7.35. The summed E-state index contributed by atoms with van der Waals surface area (Å²) in [7, 11) is 0. The molecule has 0 radical (unpaired) electrons. The Hall–Kier alpha value is 0.440. The fourth-order valence-corrected chi connectivity index (χ4v) is 4.11. The van der Waals surface area contributed by atoms with Gasteiger partial charge in [0, 0.05) is 5.33 Å². The quantitative estimate of drug-likeness (QED) is 0.709. The number of rotatable bonds is 3. The van der Waals surface area contributed by atoms with Crippen molar-refractivity contribution in [3.63, 3.8) is 0 Å². The number of ether oxygens (including phenoxy) is 1. The molecule has 1 saturated heterocycles. The lowest BCUT2D eigenvalue weighted by molar-refractivity contribution is -0.149. The third kappa shape index (κ3) is 1.59. The molecule has 0 amide bonds. The van der Waals surface area contributed by atoms with Crippen LogP contribution in [0.3, 0.4) is 0 Å². The summed E-state index contributed by atoms with van der Waals surface area (Å²) in [4.78, 5) is 0. The Bertz CT molecular complexity index is 219. The normalized spacial score (nSPS) is 36.2. The molecule has 3 aliphatic rings. The molecule has 1 heterocycles. The van der Waals surface area contributed by atoms with Gasteiger partial charge in [-0.25, -0.2) is 0 Å². The van der Waals surface area contributed by atoms with Crippen LogP contribution < -0.4 is 0 Å². The van der Waals surface area contributed by atoms with E-state index in [0.717, 1.165) is 17.2 Å². The number of alkyl halides is 1. The average Bonchev–Trinajstić information content (AvgIpc) is 2.43. The predicted molar refractivity (Wildman–Crippen MR) is 65.3 cm³/mol. The van der Waals surface area contributed by atoms with Crippen molar-refractivity contribution in [1.29, 1.82) is 0 Å². The molecule has 0 bridgehead atoms. The molecule has 0 aromatic carbocycles. The van der Waals surface area contributed by atoms with E-state index in [1.54, 1.807) is 0 Å². The molecule has 0 N–H and O–H groups in total. The van der Waals surface area contributed by atoms with E-state index in [0.29, 0.717) is 11.7 Å². The van der Waals surface area contributed by atoms with Crippen LogP contribution in [0.2, 0.25) is 0 Å². The van der Waals surface area contributed by atoms with E-state index >= 15 is 0 Å². The molecule has 3 rings (SSSR count). The van der Waals surface area contributed by atoms with Gasteiger partial charge in [-0.05, 0) is 50.4 Å². The Morgan fingerprint density at radius 2 is 1.60 bits per heavy atom. The summed E-state index contributed by atoms with van der Waals surface area (Å²) in [6, 6.07) is 0. The first kappa shape index (κ1) is 10.6. The molecular weight excluding hydrogens is 252 g/mol. The van der Waals surface area contributed by atoms with Crippen LogP contribution in [0.1, 0.15) is 51.4 Å². The topological polar surface area (TPSA) is 9.23 Å². The van der Waals surface area contributed by atoms with Gasteiger partial charge in [0.05, 0.1) is 11.7 Å². The molecule has 2 aliphatic carbocycles. The first-order valence-corrected chi connectivity index (χ1v) is 7.71. The fourth-order valence-electron chi connectivity index (χ4n) is 3.65. The van der Waals surface area contributed by atoms with Crippen LogP contribution in [0.15, 0.2) is 0 Å². The molecule has 0 aromatic rings. The summed E-state index contributed by atoms with van der Waals surface area (Å²) in [5, 5.41) is 1.04. The SMILES string of the molecule is BrCC1CCC(C2CCC2)(C2CCC2)O1. The van der Waals surface area contributed by atoms with Gasteiger partial charge in [-0.1, -0.05) is 28.8 Å². The van der Waals surface area contributed by atoms with Gasteiger partial charge in [-0.2, -0.15) is 0 Å². The van der Waals surface area contributed by atoms with E-state index in [1.165, 1.54) is 51.4 Å². The van der Waals surface area contributed by atoms with E-state index in [2.05, 4.69) is 15.9 Å². The van der Waals surface area contributed by atoms with Crippen molar-refractivity contribution in [1.82, 2.24) is 0 Å². The van der Waals surface area contributed by atoms with Gasteiger partial charge in [-0.3, -0.25) is 0 Å². The second-order valence-electron chi connectivity index (χ2n) is 5.64. The number of hydrogen-bond donors (Lipinski definition) is 0. The standard InChI is InChI=1S/C13H21BrO/c14-9-12-7-8-13(15-12,10-3-1-4-10)11-5-2-6-11/h10-12H,1-9H2. The van der Waals surface area contributed by atoms with E-state index < -0.39 is 0 Å². The molecule has 3 fully saturated rings. The zero-order valence-electron chi connectivity index (χ0n) is 9.38. The van der Waals surface area contributed by atoms with Crippen LogP contribution in [-0.4, -0.2) is 17.0 Å². The molecule has 2 saturated carbocycles. The lowest BCUT2D eigenvalue weighted by atomic mass is 9.60. The Morgan fingerprint density at radius 1 is 1.00 bits per heavy atom. The lowest BCUT2D eigenvalue weighted by Gasteiger charge is -2.50. The smallest absolute Gasteiger partial charge is 0.0743 e. The number of halogens is 1. The van der Waals surface area contributed by atoms with E-state index in [1.807, 2.05) is 0 Å². The molecule has 1 unspecified atom stereocenters. The molecule has 1 aliphatic heterocycles. The van der Waals surface area contributed by atoms with E-state index in [9.17, 15) is 0 Å². The predicted octanol–water partition coefficient (Wildman–Crippen LogP) is 3.90. The fraction of sp³-hybridized carbons (Fsp3) is 1.00. The highest BCUT2D eigenvalue weighted by molar-refractivity contribution is 9.09. The summed E-state index contributed by atoms with van der Waals surface area (Å²) in [5.41, 5.74) is 0.328. The Morgan fingerprint density at radius 3 is 1.93 bits per heavy atom. The van der Waals surface area contributed by atoms with Gasteiger partial charge in [0.1, 0.15) is 0 Å². The van der Waals surface area contributed by atoms with Gasteiger partial charge in [0.15, 0.2) is 0 Å². The Kier molecular flexibility index (Phi) is 2.84. The summed E-state index contributed by atoms with van der Waals surface area (Å²) >= 11 is 3.58. The van der Waals surface area contributed by atoms with Gasteiger partial charge in [-0.15, -0.1) is 0 Å². The van der Waals surface area contributed by atoms with Gasteiger partial charge < -0.3 is 4.74 Å².